The zero-order chi connectivity index (χ0) is 98.0. The van der Waals surface area contributed by atoms with E-state index in [1.54, 1.807) is 64.2 Å². The molecule has 1 heterocycles. The molecule has 0 radical (unpaired) electrons. The van der Waals surface area contributed by atoms with E-state index in [2.05, 4.69) is 74.1 Å². The fraction of sp³-hybridized carbons (Fsp3) is 0.638. The van der Waals surface area contributed by atoms with E-state index in [1.165, 1.54) is 13.8 Å². The van der Waals surface area contributed by atoms with Crippen molar-refractivity contribution in [3.8, 4) is 0 Å². The number of amides is 13. The molecule has 0 fully saturated rings. The maximum Gasteiger partial charge on any atom is 0.305 e. The van der Waals surface area contributed by atoms with E-state index in [0.29, 0.717) is 148 Å². The van der Waals surface area contributed by atoms with Crippen molar-refractivity contribution in [2.24, 2.45) is 52.2 Å². The quantitative estimate of drug-likeness (QED) is 0.0283. The Bertz CT molecular complexity index is 4140. The van der Waals surface area contributed by atoms with E-state index < -0.39 is 180 Å². The van der Waals surface area contributed by atoms with Crippen LogP contribution < -0.4 is 104 Å². The number of nitrogens with two attached hydrogens (primary N) is 6. The Labute approximate surface area is 777 Å². The lowest BCUT2D eigenvalue weighted by Crippen LogP contribution is -2.60. The molecular weight excluding hydrogens is 1700 g/mol. The van der Waals surface area contributed by atoms with Gasteiger partial charge in [-0.25, -0.2) is 0 Å². The highest BCUT2D eigenvalue weighted by Crippen LogP contribution is 2.22. The molecule has 13 amide bonds. The van der Waals surface area contributed by atoms with Crippen LogP contribution in [0.25, 0.3) is 10.9 Å². The highest BCUT2D eigenvalue weighted by atomic mass is 16.4. The number of para-hydroxylation sites is 1. The molecule has 0 spiro atoms. The monoisotopic (exact) mass is 1850 g/mol. The lowest BCUT2D eigenvalue weighted by molar-refractivity contribution is -0.141. The minimum atomic E-state index is -1.60. The number of aliphatic hydroxyl groups excluding tert-OH is 1. The van der Waals surface area contributed by atoms with Crippen LogP contribution in [0.15, 0.2) is 85.1 Å². The van der Waals surface area contributed by atoms with Crippen LogP contribution in [0.4, 0.5) is 0 Å². The molecule has 13 atom stereocenters. The van der Waals surface area contributed by atoms with Crippen molar-refractivity contribution in [1.29, 1.82) is 0 Å². The fourth-order valence-corrected chi connectivity index (χ4v) is 14.8. The number of aliphatic hydroxyl groups is 1. The standard InChI is InChI=1S/C94H154N20O18/c1-59(2)52-75(113-94(132)84(62(7)115)105-63(8)116)90(128)108-71(41-27-31-49-98)88(126)109-72(44-45-80(99)119)89(127)110-73(54-64-34-18-17-19-35-64)78(117)42-20-13-9-11-15-32-50-101-69(39-25-29-47-96)86(124)104-58-81(120)106-74(55-65-57-103-67-37-23-22-36-66(65)67)79(118)43-21-14-10-12-16-33-51-102-70(40-26-30-48-97)87(125)112-77(56-82(121)122)91(129)111-76(53-60(3)4)92(130)114-83(61(5)6)93(131)107-68(85(100)123)38-24-28-46-95/h9-12,17-19,22-23,34-37,57,59-62,68-77,83-84,101-103,115H,13-16,20-21,24-33,38-56,58,95-98H2,1-8H3,(H2,99,119)(H2,100,123)(H,104,124)(H,105,116)(H,106,120)(H,107,131)(H,108,128)(H,109,126)(H,110,127)(H,111,129)(H,112,125)(H,113,132)(H,114,130)(H,121,122)/b11-9+,12-10+/t62-,68+,69+,70+,71+,72+,73+,74+,75+,76+,77+,83+,84+/m1/s1. The number of Topliss-reactive ketones (excluding diaryl/α,β-unsaturated/α-hetero) is 2. The number of carbonyl (C=O) groups excluding carboxylic acids is 15. The molecule has 0 saturated heterocycles. The molecule has 0 unspecified atom stereocenters. The predicted molar refractivity (Wildman–Crippen MR) is 505 cm³/mol. The molecule has 738 valence electrons. The number of aliphatic carboxylic acids is 1. The first-order chi connectivity index (χ1) is 62.9. The molecule has 0 aliphatic heterocycles. The second kappa shape index (κ2) is 65.6. The van der Waals surface area contributed by atoms with E-state index in [-0.39, 0.29) is 94.2 Å². The van der Waals surface area contributed by atoms with Gasteiger partial charge < -0.3 is 119 Å². The van der Waals surface area contributed by atoms with Gasteiger partial charge in [-0.1, -0.05) is 127 Å². The number of carboxylic acid groups (broad SMARTS) is 1. The van der Waals surface area contributed by atoms with Gasteiger partial charge in [0.25, 0.3) is 0 Å². The van der Waals surface area contributed by atoms with E-state index in [9.17, 15) is 86.9 Å². The molecule has 38 nitrogen and oxygen atoms in total. The predicted octanol–water partition coefficient (Wildman–Crippen LogP) is 1.88. The largest absolute Gasteiger partial charge is 0.481 e. The van der Waals surface area contributed by atoms with Gasteiger partial charge in [-0.05, 0) is 222 Å². The number of unbranched alkanes of at least 4 members (excludes halogenated alkanes) is 8. The molecule has 3 aromatic rings. The number of carboxylic acids is 1. The van der Waals surface area contributed by atoms with Gasteiger partial charge in [-0.3, -0.25) is 76.7 Å². The summed E-state index contributed by atoms with van der Waals surface area (Å²) in [5.41, 5.74) is 36.6. The summed E-state index contributed by atoms with van der Waals surface area (Å²) in [7, 11) is 0. The number of hydrogen-bond acceptors (Lipinski definition) is 23. The third-order valence-corrected chi connectivity index (χ3v) is 22.1. The second-order valence-corrected chi connectivity index (χ2v) is 35.0. The SMILES string of the molecule is CC(=O)N[C@H](C(=O)N[C@@H](CC(C)C)C(=O)N[C@@H](CCCCN)C(=O)N[C@@H](CCC(N)=O)C(=O)N[C@@H](Cc1ccccc1)C(=O)CCC/C=C/CCCN[C@@H](CCCCN)C(=O)NCC(=O)N[C@@H](Cc1c[nH]c2ccccc12)C(=O)CCC/C=C/CCCN[C@@H](CCCCN)C(=O)N[C@@H](CC(=O)O)C(=O)N[C@@H](CC(C)C)C(=O)N[C@H](C(=O)N[C@@H](CCCCN)C(N)=O)C(C)C)[C@@H](C)O. The highest BCUT2D eigenvalue weighted by Gasteiger charge is 2.38. The number of rotatable bonds is 73. The number of H-pyrrole nitrogens is 1. The van der Waals surface area contributed by atoms with Gasteiger partial charge in [0, 0.05) is 49.7 Å². The average Bonchev–Trinajstić information content (AvgIpc) is 1.68. The lowest BCUT2D eigenvalue weighted by atomic mass is 9.98. The summed E-state index contributed by atoms with van der Waals surface area (Å²) in [6.45, 7) is 14.9. The molecule has 0 bridgehead atoms. The minimum Gasteiger partial charge on any atom is -0.481 e. The molecule has 2 aromatic carbocycles. The molecular formula is C94H154N20O18. The van der Waals surface area contributed by atoms with Crippen LogP contribution >= 0.6 is 0 Å². The summed E-state index contributed by atoms with van der Waals surface area (Å²) in [6, 6.07) is 2.74. The molecule has 1 aromatic heterocycles. The smallest absolute Gasteiger partial charge is 0.305 e. The van der Waals surface area contributed by atoms with Gasteiger partial charge in [-0.15, -0.1) is 0 Å². The van der Waals surface area contributed by atoms with Crippen LogP contribution in [0.3, 0.4) is 0 Å². The number of primary amides is 2. The summed E-state index contributed by atoms with van der Waals surface area (Å²) < 4.78 is 0. The number of carbonyl (C=O) groups is 16. The van der Waals surface area contributed by atoms with Crippen molar-refractivity contribution in [2.75, 3.05) is 45.8 Å². The van der Waals surface area contributed by atoms with Crippen LogP contribution in [-0.2, 0) is 89.6 Å². The number of aromatic amines is 1. The number of nitrogens with one attached hydrogen (secondary N) is 14. The maximum atomic E-state index is 14.4. The zero-order valence-corrected chi connectivity index (χ0v) is 78.7. The van der Waals surface area contributed by atoms with Gasteiger partial charge in [0.05, 0.1) is 43.2 Å². The van der Waals surface area contributed by atoms with E-state index in [1.807, 2.05) is 62.4 Å². The first-order valence-corrected chi connectivity index (χ1v) is 46.9. The first-order valence-electron chi connectivity index (χ1n) is 46.9. The van der Waals surface area contributed by atoms with E-state index >= 15 is 0 Å². The van der Waals surface area contributed by atoms with Gasteiger partial charge in [0.1, 0.15) is 48.3 Å². The van der Waals surface area contributed by atoms with E-state index in [4.69, 9.17) is 34.4 Å². The van der Waals surface area contributed by atoms with Crippen molar-refractivity contribution >= 4 is 105 Å². The normalized spacial score (nSPS) is 14.5. The topological polar surface area (TPSA) is 642 Å². The molecule has 28 N–H and O–H groups in total. The summed E-state index contributed by atoms with van der Waals surface area (Å²) in [5, 5.41) is 57.0. The molecule has 132 heavy (non-hydrogen) atoms. The lowest BCUT2D eigenvalue weighted by Gasteiger charge is -2.28. The van der Waals surface area contributed by atoms with Crippen LogP contribution in [0.2, 0.25) is 0 Å². The summed E-state index contributed by atoms with van der Waals surface area (Å²) in [5.74, 6) is -11.9. The third-order valence-electron chi connectivity index (χ3n) is 22.1. The molecule has 3 rings (SSSR count). The van der Waals surface area contributed by atoms with E-state index in [0.717, 1.165) is 22.0 Å². The van der Waals surface area contributed by atoms with Gasteiger partial charge >= 0.3 is 5.97 Å². The second-order valence-electron chi connectivity index (χ2n) is 35.0. The van der Waals surface area contributed by atoms with Gasteiger partial charge in [-0.2, -0.15) is 0 Å². The summed E-state index contributed by atoms with van der Waals surface area (Å²) >= 11 is 0. The Morgan fingerprint density at radius 2 is 0.811 bits per heavy atom. The Balaban J connectivity index is 1.64. The fourth-order valence-electron chi connectivity index (χ4n) is 14.8. The van der Waals surface area contributed by atoms with Crippen molar-refractivity contribution < 1.29 is 86.9 Å². The number of fused-ring (bicyclic) bond motifs is 1. The van der Waals surface area contributed by atoms with Crippen molar-refractivity contribution in [2.45, 2.75) is 320 Å². The molecule has 0 saturated carbocycles. The Morgan fingerprint density at radius 1 is 0.402 bits per heavy atom. The van der Waals surface area contributed by atoms with Crippen molar-refractivity contribution in [1.82, 2.24) is 74.1 Å². The molecule has 38 heteroatoms. The number of allylic oxidation sites excluding steroid dienone is 4. The van der Waals surface area contributed by atoms with Gasteiger partial charge in [0.2, 0.25) is 76.8 Å². The molecule has 0 aliphatic rings. The number of benzene rings is 2. The van der Waals surface area contributed by atoms with Crippen LogP contribution in [0.5, 0.6) is 0 Å². The summed E-state index contributed by atoms with van der Waals surface area (Å²) in [6.07, 6.45) is 17.2. The summed E-state index contributed by atoms with van der Waals surface area (Å²) in [4.78, 5) is 219. The molecule has 0 aliphatic carbocycles. The average molecular weight is 1850 g/mol. The minimum absolute atomic E-state index is 0.0574. The third kappa shape index (κ3) is 47.5. The van der Waals surface area contributed by atoms with Crippen molar-refractivity contribution in [3.63, 3.8) is 0 Å². The number of ketones is 2. The van der Waals surface area contributed by atoms with Gasteiger partial charge in [0.15, 0.2) is 11.6 Å². The van der Waals surface area contributed by atoms with Crippen LogP contribution in [0.1, 0.15) is 240 Å². The Kier molecular flexibility index (Phi) is 57.3. The number of aromatic nitrogens is 1. The first kappa shape index (κ1) is 115. The van der Waals surface area contributed by atoms with Crippen LogP contribution in [0, 0.1) is 17.8 Å². The number of hydrogen-bond donors (Lipinski definition) is 22. The highest BCUT2D eigenvalue weighted by molar-refractivity contribution is 5.99. The van der Waals surface area contributed by atoms with Crippen LogP contribution in [-0.4, -0.2) is 234 Å². The zero-order valence-electron chi connectivity index (χ0n) is 78.7. The maximum absolute atomic E-state index is 14.4. The Hall–Kier alpha value is -10.9. The Morgan fingerprint density at radius 3 is 1.30 bits per heavy atom. The van der Waals surface area contributed by atoms with Crippen molar-refractivity contribution in [3.05, 3.63) is 96.2 Å².